The minimum absolute atomic E-state index is 0.151. The third kappa shape index (κ3) is 1.92. The maximum absolute atomic E-state index is 10.6. The van der Waals surface area contributed by atoms with Gasteiger partial charge in [-0.1, -0.05) is 13.8 Å². The van der Waals surface area contributed by atoms with Gasteiger partial charge in [-0.15, -0.1) is 0 Å². The molecule has 5 heteroatoms. The zero-order valence-corrected chi connectivity index (χ0v) is 10.7. The maximum Gasteiger partial charge on any atom is 0.433 e. The highest BCUT2D eigenvalue weighted by atomic mass is 16.6. The van der Waals surface area contributed by atoms with Crippen molar-refractivity contribution < 1.29 is 9.34 Å². The van der Waals surface area contributed by atoms with Gasteiger partial charge in [-0.2, -0.15) is 0 Å². The largest absolute Gasteiger partial charge is 0.433 e. The Hall–Kier alpha value is -1.36. The molecule has 1 aromatic heterocycles. The molecule has 2 unspecified atom stereocenters. The Balaban J connectivity index is 1.68. The lowest BCUT2D eigenvalue weighted by Crippen LogP contribution is -2.20. The molecule has 1 heterocycles. The molecule has 1 N–H and O–H groups in total. The van der Waals surface area contributed by atoms with Crippen molar-refractivity contribution in [3.63, 3.8) is 0 Å². The first-order valence-electron chi connectivity index (χ1n) is 6.47. The highest BCUT2D eigenvalue weighted by Gasteiger charge is 2.59. The van der Waals surface area contributed by atoms with Gasteiger partial charge in [0.25, 0.3) is 0 Å². The summed E-state index contributed by atoms with van der Waals surface area (Å²) in [6.07, 6.45) is 2.56. The first-order chi connectivity index (χ1) is 8.50. The molecule has 0 amide bonds. The molecule has 2 aliphatic rings. The second-order valence-corrected chi connectivity index (χ2v) is 6.02. The molecular weight excluding hydrogens is 232 g/mol. The number of nitro groups is 1. The molecular formula is C13H18N2O3. The van der Waals surface area contributed by atoms with Crippen molar-refractivity contribution in [1.29, 1.82) is 0 Å². The zero-order valence-electron chi connectivity index (χ0n) is 10.7. The number of rotatable bonds is 5. The summed E-state index contributed by atoms with van der Waals surface area (Å²) in [5.41, 5.74) is 0.174. The lowest BCUT2D eigenvalue weighted by molar-refractivity contribution is -0.402. The van der Waals surface area contributed by atoms with E-state index in [1.54, 1.807) is 6.07 Å². The van der Waals surface area contributed by atoms with Crippen LogP contribution in [0.1, 0.15) is 38.4 Å². The molecule has 1 aromatic rings. The van der Waals surface area contributed by atoms with Crippen molar-refractivity contribution >= 4 is 5.88 Å². The van der Waals surface area contributed by atoms with Gasteiger partial charge in [-0.05, 0) is 36.8 Å². The molecule has 0 spiro atoms. The Kier molecular flexibility index (Phi) is 2.48. The van der Waals surface area contributed by atoms with E-state index in [2.05, 4.69) is 19.2 Å². The van der Waals surface area contributed by atoms with Crippen LogP contribution in [-0.4, -0.2) is 17.5 Å². The van der Waals surface area contributed by atoms with Crippen LogP contribution in [0.5, 0.6) is 0 Å². The van der Waals surface area contributed by atoms with Crippen LogP contribution in [0.2, 0.25) is 0 Å². The van der Waals surface area contributed by atoms with Crippen molar-refractivity contribution in [2.45, 2.75) is 38.6 Å². The van der Waals surface area contributed by atoms with Crippen molar-refractivity contribution in [2.24, 2.45) is 11.3 Å². The fourth-order valence-electron chi connectivity index (χ4n) is 2.88. The predicted molar refractivity (Wildman–Crippen MR) is 66.4 cm³/mol. The van der Waals surface area contributed by atoms with E-state index in [0.29, 0.717) is 17.9 Å². The molecule has 0 aromatic carbocycles. The molecule has 0 aliphatic heterocycles. The highest BCUT2D eigenvalue weighted by Crippen LogP contribution is 2.64. The van der Waals surface area contributed by atoms with E-state index in [4.69, 9.17) is 4.42 Å². The summed E-state index contributed by atoms with van der Waals surface area (Å²) < 4.78 is 5.33. The zero-order chi connectivity index (χ0) is 12.9. The lowest BCUT2D eigenvalue weighted by atomic mass is 10.1. The predicted octanol–water partition coefficient (Wildman–Crippen LogP) is 2.68. The first-order valence-corrected chi connectivity index (χ1v) is 6.47. The van der Waals surface area contributed by atoms with Crippen molar-refractivity contribution in [3.05, 3.63) is 28.0 Å². The fraction of sp³-hybridized carbons (Fsp3) is 0.692. The highest BCUT2D eigenvalue weighted by molar-refractivity contribution is 5.29. The minimum atomic E-state index is -0.476. The summed E-state index contributed by atoms with van der Waals surface area (Å²) in [5.74, 6) is 1.43. The first kappa shape index (κ1) is 11.7. The van der Waals surface area contributed by atoms with Crippen LogP contribution in [0.25, 0.3) is 0 Å². The molecule has 2 fully saturated rings. The summed E-state index contributed by atoms with van der Waals surface area (Å²) in [6, 6.07) is 3.91. The van der Waals surface area contributed by atoms with Crippen LogP contribution in [0.15, 0.2) is 16.5 Å². The number of hydrogen-bond donors (Lipinski definition) is 1. The van der Waals surface area contributed by atoms with Gasteiger partial charge in [0, 0.05) is 12.0 Å². The summed E-state index contributed by atoms with van der Waals surface area (Å²) in [7, 11) is 0. The minimum Gasteiger partial charge on any atom is -0.406 e. The quantitative estimate of drug-likeness (QED) is 0.644. The molecule has 0 saturated heterocycles. The Morgan fingerprint density at radius 3 is 2.78 bits per heavy atom. The SMILES string of the molecule is CC1(C)C(CNC2CC2)C1c1ccc([N+](=O)[O-])o1. The van der Waals surface area contributed by atoms with Crippen LogP contribution in [0, 0.1) is 21.4 Å². The van der Waals surface area contributed by atoms with Gasteiger partial charge in [0.2, 0.25) is 0 Å². The number of nitrogens with one attached hydrogen (secondary N) is 1. The van der Waals surface area contributed by atoms with Gasteiger partial charge < -0.3 is 9.73 Å². The standard InChI is InChI=1S/C13H18N2O3/c1-13(2)9(7-14-8-3-4-8)12(13)10-5-6-11(18-10)15(16)17/h5-6,8-9,12,14H,3-4,7H2,1-2H3. The van der Waals surface area contributed by atoms with E-state index in [-0.39, 0.29) is 11.3 Å². The summed E-state index contributed by atoms with van der Waals surface area (Å²) in [5, 5.41) is 14.2. The fourth-order valence-corrected chi connectivity index (χ4v) is 2.88. The Morgan fingerprint density at radius 2 is 2.22 bits per heavy atom. The molecule has 3 rings (SSSR count). The lowest BCUT2D eigenvalue weighted by Gasteiger charge is -2.02. The topological polar surface area (TPSA) is 68.3 Å². The normalized spacial score (nSPS) is 29.2. The molecule has 0 radical (unpaired) electrons. The van der Waals surface area contributed by atoms with Gasteiger partial charge in [0.15, 0.2) is 0 Å². The van der Waals surface area contributed by atoms with Crippen LogP contribution in [0.3, 0.4) is 0 Å². The van der Waals surface area contributed by atoms with Crippen LogP contribution in [-0.2, 0) is 0 Å². The molecule has 98 valence electrons. The van der Waals surface area contributed by atoms with Gasteiger partial charge in [-0.25, -0.2) is 0 Å². The summed E-state index contributed by atoms with van der Waals surface area (Å²) in [6.45, 7) is 5.38. The number of nitrogens with zero attached hydrogens (tertiary/aromatic N) is 1. The van der Waals surface area contributed by atoms with Gasteiger partial charge in [-0.3, -0.25) is 10.1 Å². The van der Waals surface area contributed by atoms with Gasteiger partial charge in [0.05, 0.1) is 6.07 Å². The monoisotopic (exact) mass is 250 g/mol. The third-order valence-electron chi connectivity index (χ3n) is 4.35. The van der Waals surface area contributed by atoms with Crippen molar-refractivity contribution in [3.8, 4) is 0 Å². The third-order valence-corrected chi connectivity index (χ3v) is 4.35. The van der Waals surface area contributed by atoms with E-state index < -0.39 is 4.92 Å². The van der Waals surface area contributed by atoms with E-state index >= 15 is 0 Å². The van der Waals surface area contributed by atoms with E-state index in [0.717, 1.165) is 12.3 Å². The molecule has 0 bridgehead atoms. The molecule has 2 aliphatic carbocycles. The number of furan rings is 1. The van der Waals surface area contributed by atoms with Crippen LogP contribution >= 0.6 is 0 Å². The molecule has 18 heavy (non-hydrogen) atoms. The number of hydrogen-bond acceptors (Lipinski definition) is 4. The molecule has 2 atom stereocenters. The average Bonchev–Trinajstić information content (AvgIpc) is 3.13. The van der Waals surface area contributed by atoms with Crippen molar-refractivity contribution in [1.82, 2.24) is 5.32 Å². The maximum atomic E-state index is 10.6. The van der Waals surface area contributed by atoms with E-state index in [1.807, 2.05) is 0 Å². The second-order valence-electron chi connectivity index (χ2n) is 6.02. The smallest absolute Gasteiger partial charge is 0.406 e. The van der Waals surface area contributed by atoms with Gasteiger partial charge in [0.1, 0.15) is 10.7 Å². The molecule has 2 saturated carbocycles. The van der Waals surface area contributed by atoms with Crippen LogP contribution in [0.4, 0.5) is 5.88 Å². The van der Waals surface area contributed by atoms with E-state index in [9.17, 15) is 10.1 Å². The second kappa shape index (κ2) is 3.82. The average molecular weight is 250 g/mol. The summed E-state index contributed by atoms with van der Waals surface area (Å²) in [4.78, 5) is 10.1. The summed E-state index contributed by atoms with van der Waals surface area (Å²) >= 11 is 0. The van der Waals surface area contributed by atoms with Gasteiger partial charge >= 0.3 is 5.88 Å². The van der Waals surface area contributed by atoms with Crippen LogP contribution < -0.4 is 5.32 Å². The van der Waals surface area contributed by atoms with Crippen molar-refractivity contribution in [2.75, 3.05) is 6.54 Å². The Labute approximate surface area is 106 Å². The molecule has 5 nitrogen and oxygen atoms in total. The Morgan fingerprint density at radius 1 is 1.50 bits per heavy atom. The van der Waals surface area contributed by atoms with E-state index in [1.165, 1.54) is 18.9 Å². The Bertz CT molecular complexity index is 476.